The molecule has 3 heteroatoms. The van der Waals surface area contributed by atoms with Gasteiger partial charge >= 0.3 is 29.6 Å². The molecule has 0 saturated carbocycles. The summed E-state index contributed by atoms with van der Waals surface area (Å²) in [5.41, 5.74) is 2.25. The van der Waals surface area contributed by atoms with Crippen LogP contribution in [-0.2, 0) is 0 Å². The average molecular weight is 70.1 g/mol. The van der Waals surface area contributed by atoms with Crippen LogP contribution in [0.3, 0.4) is 0 Å². The van der Waals surface area contributed by atoms with Gasteiger partial charge in [0.05, 0.1) is 0 Å². The molecule has 0 radical (unpaired) electrons. The van der Waals surface area contributed by atoms with Crippen molar-refractivity contribution in [1.82, 2.24) is 5.43 Å². The zero-order valence-electron chi connectivity index (χ0n) is 2.08. The second-order valence-corrected chi connectivity index (χ2v) is 0.289. The van der Waals surface area contributed by atoms with Crippen molar-refractivity contribution in [3.8, 4) is 0 Å². The third kappa shape index (κ3) is 12.7. The predicted octanol–water partition coefficient (Wildman–Crippen LogP) is -1.57. The van der Waals surface area contributed by atoms with Gasteiger partial charge in [0, 0.05) is 0 Å². The first-order valence-corrected chi connectivity index (χ1v) is 0.789. The fourth-order valence-corrected chi connectivity index (χ4v) is 0. The van der Waals surface area contributed by atoms with Crippen LogP contribution in [0.2, 0.25) is 0 Å². The van der Waals surface area contributed by atoms with E-state index in [1.165, 1.54) is 0 Å². The molecule has 0 aliphatic carbocycles. The van der Waals surface area contributed by atoms with Crippen molar-refractivity contribution in [3.63, 3.8) is 0 Å². The van der Waals surface area contributed by atoms with Crippen LogP contribution in [0.1, 0.15) is 0 Å². The summed E-state index contributed by atoms with van der Waals surface area (Å²) in [7, 11) is 1.65. The first-order chi connectivity index (χ1) is 1.41. The molecule has 4 heavy (non-hydrogen) atoms. The van der Waals surface area contributed by atoms with E-state index in [1.807, 2.05) is 0 Å². The van der Waals surface area contributed by atoms with Crippen molar-refractivity contribution < 1.29 is 0 Å². The van der Waals surface area contributed by atoms with Crippen molar-refractivity contribution in [1.29, 1.82) is 0 Å². The van der Waals surface area contributed by atoms with Crippen LogP contribution in [0.25, 0.3) is 0 Å². The van der Waals surface area contributed by atoms with Crippen LogP contribution >= 0.6 is 0 Å². The Labute approximate surface area is 48.0 Å². The van der Waals surface area contributed by atoms with E-state index >= 15 is 0 Å². The summed E-state index contributed by atoms with van der Waals surface area (Å²) < 4.78 is 0. The second kappa shape index (κ2) is 9.07. The molecule has 0 atom stereocenters. The molecular formula is CH7N2Na. The number of rotatable bonds is 0. The van der Waals surface area contributed by atoms with Gasteiger partial charge < -0.3 is 0 Å². The normalized spacial score (nSPS) is 4.50. The van der Waals surface area contributed by atoms with Crippen LogP contribution in [-0.4, -0.2) is 36.6 Å². The Morgan fingerprint density at radius 1 is 1.75 bits per heavy atom. The molecular weight excluding hydrogens is 63.0 g/mol. The van der Waals surface area contributed by atoms with E-state index in [-0.39, 0.29) is 29.6 Å². The van der Waals surface area contributed by atoms with Gasteiger partial charge in [-0.25, -0.2) is 0 Å². The summed E-state index contributed by atoms with van der Waals surface area (Å²) in [6.07, 6.45) is 0. The second-order valence-electron chi connectivity index (χ2n) is 0.289. The van der Waals surface area contributed by atoms with Crippen LogP contribution < -0.4 is 11.3 Å². The number of hydrogen-bond acceptors (Lipinski definition) is 2. The topological polar surface area (TPSA) is 38.0 Å². The van der Waals surface area contributed by atoms with E-state index < -0.39 is 0 Å². The molecule has 0 amide bonds. The molecule has 22 valence electrons. The Hall–Kier alpha value is 0.920. The van der Waals surface area contributed by atoms with Crippen LogP contribution in [0.4, 0.5) is 0 Å². The number of hydrogen-bond donors (Lipinski definition) is 2. The standard InChI is InChI=1S/CH6N2.Na.H/c1-3-2;;/h3H,2H2,1H3;;. The van der Waals surface area contributed by atoms with Gasteiger partial charge in [-0.3, -0.25) is 11.3 Å². The molecule has 0 aromatic heterocycles. The van der Waals surface area contributed by atoms with Gasteiger partial charge in [-0.2, -0.15) is 0 Å². The Morgan fingerprint density at radius 3 is 1.75 bits per heavy atom. The maximum absolute atomic E-state index is 4.60. The predicted molar refractivity (Wildman–Crippen MR) is 20.4 cm³/mol. The summed E-state index contributed by atoms with van der Waals surface area (Å²) >= 11 is 0. The van der Waals surface area contributed by atoms with Crippen molar-refractivity contribution in [2.24, 2.45) is 5.84 Å². The first-order valence-electron chi connectivity index (χ1n) is 0.789. The minimum atomic E-state index is 0. The molecule has 0 aromatic carbocycles. The number of hydrazine groups is 1. The molecule has 0 rings (SSSR count). The van der Waals surface area contributed by atoms with Gasteiger partial charge in [0.1, 0.15) is 0 Å². The molecule has 0 aliphatic rings. The molecule has 0 heterocycles. The van der Waals surface area contributed by atoms with Crippen molar-refractivity contribution >= 4 is 29.6 Å². The average Bonchev–Trinajstić information content (AvgIpc) is 0.918. The Morgan fingerprint density at radius 2 is 1.75 bits per heavy atom. The van der Waals surface area contributed by atoms with Gasteiger partial charge in [-0.1, -0.05) is 0 Å². The maximum atomic E-state index is 4.60. The summed E-state index contributed by atoms with van der Waals surface area (Å²) in [6, 6.07) is 0. The van der Waals surface area contributed by atoms with Gasteiger partial charge in [0.2, 0.25) is 0 Å². The molecule has 0 fully saturated rings. The SMILES string of the molecule is CNN.[NaH]. The van der Waals surface area contributed by atoms with E-state index in [4.69, 9.17) is 0 Å². The summed E-state index contributed by atoms with van der Waals surface area (Å²) in [5.74, 6) is 4.60. The number of nitrogens with one attached hydrogen (secondary N) is 1. The van der Waals surface area contributed by atoms with Crippen LogP contribution in [0, 0.1) is 0 Å². The minimum absolute atomic E-state index is 0. The number of nitrogens with two attached hydrogens (primary N) is 1. The molecule has 0 bridgehead atoms. The Kier molecular flexibility index (Phi) is 20.1. The van der Waals surface area contributed by atoms with E-state index in [0.29, 0.717) is 0 Å². The third-order valence-electron chi connectivity index (χ3n) is 0. The van der Waals surface area contributed by atoms with Gasteiger partial charge in [-0.05, 0) is 7.05 Å². The monoisotopic (exact) mass is 70.1 g/mol. The van der Waals surface area contributed by atoms with Crippen LogP contribution in [0.15, 0.2) is 0 Å². The molecule has 0 saturated heterocycles. The van der Waals surface area contributed by atoms with E-state index in [0.717, 1.165) is 0 Å². The third-order valence-corrected chi connectivity index (χ3v) is 0. The van der Waals surface area contributed by atoms with Gasteiger partial charge in [0.25, 0.3) is 0 Å². The molecule has 0 aliphatic heterocycles. The summed E-state index contributed by atoms with van der Waals surface area (Å²) in [5, 5.41) is 0. The molecule has 0 unspecified atom stereocenters. The summed E-state index contributed by atoms with van der Waals surface area (Å²) in [6.45, 7) is 0. The zero-order chi connectivity index (χ0) is 2.71. The fourth-order valence-electron chi connectivity index (χ4n) is 0. The molecule has 0 spiro atoms. The molecule has 2 nitrogen and oxygen atoms in total. The Bertz CT molecular complexity index is 6.00. The van der Waals surface area contributed by atoms with Crippen molar-refractivity contribution in [2.75, 3.05) is 7.05 Å². The van der Waals surface area contributed by atoms with E-state index in [1.54, 1.807) is 7.05 Å². The van der Waals surface area contributed by atoms with Crippen molar-refractivity contribution in [3.05, 3.63) is 0 Å². The van der Waals surface area contributed by atoms with Crippen LogP contribution in [0.5, 0.6) is 0 Å². The van der Waals surface area contributed by atoms with E-state index in [2.05, 4.69) is 11.3 Å². The first kappa shape index (κ1) is 8.87. The van der Waals surface area contributed by atoms with Gasteiger partial charge in [0.15, 0.2) is 0 Å². The Balaban J connectivity index is 0. The molecule has 3 N–H and O–H groups in total. The van der Waals surface area contributed by atoms with Gasteiger partial charge in [-0.15, -0.1) is 0 Å². The van der Waals surface area contributed by atoms with Crippen molar-refractivity contribution in [2.45, 2.75) is 0 Å². The zero-order valence-corrected chi connectivity index (χ0v) is 2.08. The fraction of sp³-hybridized carbons (Fsp3) is 1.00. The summed E-state index contributed by atoms with van der Waals surface area (Å²) in [4.78, 5) is 0. The van der Waals surface area contributed by atoms with E-state index in [9.17, 15) is 0 Å². The molecule has 0 aromatic rings. The quantitative estimate of drug-likeness (QED) is 0.205.